The van der Waals surface area contributed by atoms with Crippen LogP contribution < -0.4 is 0 Å². The first-order valence-corrected chi connectivity index (χ1v) is 8.31. The average Bonchev–Trinajstić information content (AvgIpc) is 3.15. The van der Waals surface area contributed by atoms with Crippen LogP contribution in [0.25, 0.3) is 17.3 Å². The summed E-state index contributed by atoms with van der Waals surface area (Å²) in [5, 5.41) is 3.01. The van der Waals surface area contributed by atoms with E-state index in [1.54, 1.807) is 0 Å². The van der Waals surface area contributed by atoms with Gasteiger partial charge in [-0.2, -0.15) is 31.4 Å². The molecule has 1 radical (unpaired) electrons. The van der Waals surface area contributed by atoms with Crippen molar-refractivity contribution >= 4 is 17.9 Å². The number of rotatable bonds is 4. The van der Waals surface area contributed by atoms with Crippen molar-refractivity contribution in [1.29, 1.82) is 0 Å². The Morgan fingerprint density at radius 3 is 2.23 bits per heavy atom. The largest absolute Gasteiger partial charge is 0.435 e. The molecule has 1 aromatic heterocycles. The minimum absolute atomic E-state index is 0.0108. The second kappa shape index (κ2) is 7.97. The molecule has 3 nitrogen and oxygen atoms in total. The highest BCUT2D eigenvalue weighted by Gasteiger charge is 2.42. The maximum atomic E-state index is 13.9. The van der Waals surface area contributed by atoms with Gasteiger partial charge in [-0.15, -0.1) is 0 Å². The predicted octanol–water partition coefficient (Wildman–Crippen LogP) is 5.84. The standard InChI is InChI=1S/C20H9F8N2O/c21-15-6-2-5-14(18(15)22)12(10-31)7-11-3-1-4-13(8-11)30-17(20(26,27)28)9-16(29-30)19(23,24)25/h1-9H. The monoisotopic (exact) mass is 445 g/mol. The van der Waals surface area contributed by atoms with Crippen LogP contribution in [0.1, 0.15) is 22.5 Å². The quantitative estimate of drug-likeness (QED) is 0.287. The van der Waals surface area contributed by atoms with Crippen LogP contribution in [-0.4, -0.2) is 16.1 Å². The van der Waals surface area contributed by atoms with Crippen molar-refractivity contribution in [3.63, 3.8) is 0 Å². The van der Waals surface area contributed by atoms with Crippen LogP contribution >= 0.6 is 0 Å². The minimum atomic E-state index is -5.14. The Morgan fingerprint density at radius 1 is 0.935 bits per heavy atom. The number of halogens is 8. The van der Waals surface area contributed by atoms with E-state index in [1.165, 1.54) is 18.4 Å². The summed E-state index contributed by atoms with van der Waals surface area (Å²) < 4.78 is 106. The normalized spacial score (nSPS) is 12.8. The van der Waals surface area contributed by atoms with Crippen LogP contribution in [-0.2, 0) is 17.1 Å². The molecule has 0 spiro atoms. The maximum absolute atomic E-state index is 13.9. The van der Waals surface area contributed by atoms with Crippen molar-refractivity contribution in [1.82, 2.24) is 9.78 Å². The fourth-order valence-electron chi connectivity index (χ4n) is 2.71. The second-order valence-corrected chi connectivity index (χ2v) is 6.18. The van der Waals surface area contributed by atoms with E-state index in [1.807, 2.05) is 0 Å². The second-order valence-electron chi connectivity index (χ2n) is 6.18. The Bertz CT molecular complexity index is 1160. The molecule has 0 bridgehead atoms. The lowest BCUT2D eigenvalue weighted by atomic mass is 10.0. The summed E-state index contributed by atoms with van der Waals surface area (Å²) in [7, 11) is 0. The van der Waals surface area contributed by atoms with Gasteiger partial charge in [0.05, 0.1) is 5.69 Å². The number of nitrogens with zero attached hydrogens (tertiary/aromatic N) is 2. The number of hydrogen-bond donors (Lipinski definition) is 0. The van der Waals surface area contributed by atoms with Gasteiger partial charge < -0.3 is 0 Å². The van der Waals surface area contributed by atoms with Crippen molar-refractivity contribution in [2.45, 2.75) is 12.4 Å². The van der Waals surface area contributed by atoms with Gasteiger partial charge in [-0.25, -0.2) is 13.5 Å². The van der Waals surface area contributed by atoms with E-state index < -0.39 is 52.2 Å². The molecule has 0 aliphatic carbocycles. The Kier molecular flexibility index (Phi) is 5.70. The van der Waals surface area contributed by atoms with Crippen molar-refractivity contribution < 1.29 is 39.9 Å². The lowest BCUT2D eigenvalue weighted by Crippen LogP contribution is -2.13. The van der Waals surface area contributed by atoms with Crippen molar-refractivity contribution in [3.05, 3.63) is 82.7 Å². The van der Waals surface area contributed by atoms with Crippen molar-refractivity contribution in [3.8, 4) is 5.69 Å². The summed E-state index contributed by atoms with van der Waals surface area (Å²) in [4.78, 5) is 11.3. The first kappa shape index (κ1) is 22.2. The van der Waals surface area contributed by atoms with E-state index >= 15 is 0 Å². The SMILES string of the molecule is O=[C]C(=Cc1cccc(-n2nc(C(F)(F)F)cc2C(F)(F)F)c1)c1cccc(F)c1F. The van der Waals surface area contributed by atoms with E-state index in [2.05, 4.69) is 5.10 Å². The molecular weight excluding hydrogens is 436 g/mol. The van der Waals surface area contributed by atoms with Crippen molar-refractivity contribution in [2.24, 2.45) is 0 Å². The van der Waals surface area contributed by atoms with E-state index in [4.69, 9.17) is 0 Å². The molecule has 3 aromatic rings. The van der Waals surface area contributed by atoms with E-state index in [-0.39, 0.29) is 16.3 Å². The Morgan fingerprint density at radius 2 is 1.61 bits per heavy atom. The molecule has 0 saturated carbocycles. The van der Waals surface area contributed by atoms with Gasteiger partial charge in [-0.1, -0.05) is 24.3 Å². The predicted molar refractivity (Wildman–Crippen MR) is 93.5 cm³/mol. The Hall–Kier alpha value is -3.50. The zero-order chi connectivity index (χ0) is 23.0. The zero-order valence-electron chi connectivity index (χ0n) is 15.0. The topological polar surface area (TPSA) is 34.9 Å². The zero-order valence-corrected chi connectivity index (χ0v) is 15.0. The van der Waals surface area contributed by atoms with Crippen LogP contribution in [0.2, 0.25) is 0 Å². The fraction of sp³-hybridized carbons (Fsp3) is 0.100. The summed E-state index contributed by atoms with van der Waals surface area (Å²) in [6, 6.07) is 7.45. The van der Waals surface area contributed by atoms with Crippen LogP contribution in [0.5, 0.6) is 0 Å². The number of alkyl halides is 6. The lowest BCUT2D eigenvalue weighted by molar-refractivity contribution is -0.143. The third-order valence-corrected chi connectivity index (χ3v) is 4.07. The smallest absolute Gasteiger partial charge is 0.285 e. The third kappa shape index (κ3) is 4.65. The maximum Gasteiger partial charge on any atom is 0.435 e. The van der Waals surface area contributed by atoms with Gasteiger partial charge in [0.1, 0.15) is 5.69 Å². The summed E-state index contributed by atoms with van der Waals surface area (Å²) in [5.41, 5.74) is -4.71. The van der Waals surface area contributed by atoms with Gasteiger partial charge in [0.2, 0.25) is 6.29 Å². The molecule has 3 rings (SSSR count). The molecule has 161 valence electrons. The Balaban J connectivity index is 2.12. The molecule has 0 unspecified atom stereocenters. The van der Waals surface area contributed by atoms with Crippen LogP contribution in [0.3, 0.4) is 0 Å². The molecule has 0 aliphatic rings. The van der Waals surface area contributed by atoms with E-state index in [0.29, 0.717) is 0 Å². The number of allylic oxidation sites excluding steroid dienone is 1. The van der Waals surface area contributed by atoms with E-state index in [9.17, 15) is 39.9 Å². The third-order valence-electron chi connectivity index (χ3n) is 4.07. The average molecular weight is 445 g/mol. The summed E-state index contributed by atoms with van der Waals surface area (Å²) >= 11 is 0. The molecule has 2 aromatic carbocycles. The molecule has 0 aliphatic heterocycles. The molecule has 0 fully saturated rings. The molecule has 0 saturated heterocycles. The highest BCUT2D eigenvalue weighted by Crippen LogP contribution is 2.36. The summed E-state index contributed by atoms with van der Waals surface area (Å²) in [5.74, 6) is -2.58. The minimum Gasteiger partial charge on any atom is -0.285 e. The number of aromatic nitrogens is 2. The lowest BCUT2D eigenvalue weighted by Gasteiger charge is -2.11. The van der Waals surface area contributed by atoms with Gasteiger partial charge in [-0.05, 0) is 29.8 Å². The molecular formula is C20H9F8N2O. The Labute approximate surface area is 169 Å². The molecule has 0 atom stereocenters. The molecule has 1 heterocycles. The molecule has 31 heavy (non-hydrogen) atoms. The fourth-order valence-corrected chi connectivity index (χ4v) is 2.71. The molecule has 11 heteroatoms. The van der Waals surface area contributed by atoms with Gasteiger partial charge >= 0.3 is 12.4 Å². The van der Waals surface area contributed by atoms with Crippen LogP contribution in [0.4, 0.5) is 35.1 Å². The van der Waals surface area contributed by atoms with Gasteiger partial charge in [-0.3, -0.25) is 4.79 Å². The van der Waals surface area contributed by atoms with Crippen LogP contribution in [0, 0.1) is 11.6 Å². The van der Waals surface area contributed by atoms with Gasteiger partial charge in [0.15, 0.2) is 17.3 Å². The van der Waals surface area contributed by atoms with Gasteiger partial charge in [0.25, 0.3) is 0 Å². The first-order valence-electron chi connectivity index (χ1n) is 8.31. The summed E-state index contributed by atoms with van der Waals surface area (Å²) in [6.45, 7) is 0. The number of benzene rings is 2. The van der Waals surface area contributed by atoms with Crippen LogP contribution in [0.15, 0.2) is 48.5 Å². The van der Waals surface area contributed by atoms with E-state index in [0.717, 1.165) is 36.4 Å². The van der Waals surface area contributed by atoms with Crippen molar-refractivity contribution in [2.75, 3.05) is 0 Å². The molecule has 0 amide bonds. The summed E-state index contributed by atoms with van der Waals surface area (Å²) in [6.07, 6.45) is -7.86. The number of hydrogen-bond acceptors (Lipinski definition) is 2. The number of carbonyl (C=O) groups excluding carboxylic acids is 1. The molecule has 0 N–H and O–H groups in total. The van der Waals surface area contributed by atoms with Gasteiger partial charge in [0, 0.05) is 17.2 Å². The highest BCUT2D eigenvalue weighted by molar-refractivity contribution is 6.13. The first-order chi connectivity index (χ1) is 14.4. The highest BCUT2D eigenvalue weighted by atomic mass is 19.4.